The highest BCUT2D eigenvalue weighted by molar-refractivity contribution is 5.92. The Morgan fingerprint density at radius 3 is 2.57 bits per heavy atom. The van der Waals surface area contributed by atoms with E-state index < -0.39 is 0 Å². The lowest BCUT2D eigenvalue weighted by atomic mass is 10.1. The number of carbonyl (C=O) groups is 1. The number of aromatic nitrogens is 2. The highest BCUT2D eigenvalue weighted by atomic mass is 16.3. The topological polar surface area (TPSA) is 63.3 Å². The summed E-state index contributed by atoms with van der Waals surface area (Å²) in [6, 6.07) is 5.73. The molecule has 0 aromatic carbocycles. The van der Waals surface area contributed by atoms with Gasteiger partial charge in [0.05, 0.1) is 11.7 Å². The smallest absolute Gasteiger partial charge is 0.269 e. The number of nitrogens with one attached hydrogen (secondary N) is 1. The number of hydrogen-bond donors (Lipinski definition) is 1. The van der Waals surface area contributed by atoms with E-state index >= 15 is 0 Å². The molecule has 0 aliphatic carbocycles. The molecule has 2 rings (SSSR count). The van der Waals surface area contributed by atoms with Crippen LogP contribution in [0.4, 0.5) is 0 Å². The Bertz CT molecular complexity index is 670. The number of likely N-dealkylation sites (N-methyl/N-ethyl adjacent to an activating group) is 1. The van der Waals surface area contributed by atoms with Gasteiger partial charge in [-0.2, -0.15) is 5.10 Å². The first kappa shape index (κ1) is 17.3. The second-order valence-electron chi connectivity index (χ2n) is 6.37. The second kappa shape index (κ2) is 7.00. The van der Waals surface area contributed by atoms with Crippen molar-refractivity contribution in [2.75, 3.05) is 20.6 Å². The molecule has 2 aromatic rings. The van der Waals surface area contributed by atoms with E-state index in [1.165, 1.54) is 0 Å². The van der Waals surface area contributed by atoms with Gasteiger partial charge in [0.15, 0.2) is 0 Å². The number of aryl methyl sites for hydroxylation is 2. The monoisotopic (exact) mass is 318 g/mol. The molecule has 0 saturated heterocycles. The van der Waals surface area contributed by atoms with Crippen molar-refractivity contribution in [3.05, 3.63) is 41.1 Å². The summed E-state index contributed by atoms with van der Waals surface area (Å²) in [6.07, 6.45) is 0. The molecule has 0 aliphatic rings. The molecule has 0 unspecified atom stereocenters. The van der Waals surface area contributed by atoms with Crippen LogP contribution < -0.4 is 5.32 Å². The largest absolute Gasteiger partial charge is 0.465 e. The molecule has 0 aliphatic heterocycles. The maximum atomic E-state index is 12.4. The Balaban J connectivity index is 2.07. The van der Waals surface area contributed by atoms with Crippen LogP contribution in [0.2, 0.25) is 0 Å². The minimum Gasteiger partial charge on any atom is -0.465 e. The second-order valence-corrected chi connectivity index (χ2v) is 6.37. The zero-order chi connectivity index (χ0) is 17.1. The zero-order valence-corrected chi connectivity index (χ0v) is 14.8. The summed E-state index contributed by atoms with van der Waals surface area (Å²) >= 11 is 0. The lowest BCUT2D eigenvalue weighted by Gasteiger charge is -2.22. The van der Waals surface area contributed by atoms with Gasteiger partial charge < -0.3 is 9.73 Å². The van der Waals surface area contributed by atoms with Crippen molar-refractivity contribution in [3.8, 4) is 0 Å². The van der Waals surface area contributed by atoms with E-state index in [0.29, 0.717) is 18.2 Å². The summed E-state index contributed by atoms with van der Waals surface area (Å²) in [4.78, 5) is 14.5. The van der Waals surface area contributed by atoms with Crippen molar-refractivity contribution in [1.29, 1.82) is 0 Å². The van der Waals surface area contributed by atoms with Crippen LogP contribution in [0, 0.1) is 6.92 Å². The van der Waals surface area contributed by atoms with Gasteiger partial charge in [-0.1, -0.05) is 13.8 Å². The van der Waals surface area contributed by atoms with Gasteiger partial charge in [0, 0.05) is 13.6 Å². The average molecular weight is 318 g/mol. The Labute approximate surface area is 137 Å². The van der Waals surface area contributed by atoms with Crippen LogP contribution in [0.5, 0.6) is 0 Å². The maximum absolute atomic E-state index is 12.4. The number of hydrogen-bond acceptors (Lipinski definition) is 4. The number of rotatable bonds is 6. The molecule has 1 N–H and O–H groups in total. The predicted molar refractivity (Wildman–Crippen MR) is 89.5 cm³/mol. The number of furan rings is 1. The quantitative estimate of drug-likeness (QED) is 0.889. The van der Waals surface area contributed by atoms with Crippen molar-refractivity contribution in [2.45, 2.75) is 32.7 Å². The van der Waals surface area contributed by atoms with E-state index in [-0.39, 0.29) is 11.9 Å². The van der Waals surface area contributed by atoms with Crippen molar-refractivity contribution in [3.63, 3.8) is 0 Å². The van der Waals surface area contributed by atoms with Crippen molar-refractivity contribution >= 4 is 5.91 Å². The molecule has 23 heavy (non-hydrogen) atoms. The molecule has 1 amide bonds. The lowest BCUT2D eigenvalue weighted by molar-refractivity contribution is 0.0929. The minimum atomic E-state index is -0.123. The molecule has 126 valence electrons. The number of amides is 1. The summed E-state index contributed by atoms with van der Waals surface area (Å²) in [5, 5.41) is 7.36. The van der Waals surface area contributed by atoms with E-state index in [9.17, 15) is 4.79 Å². The van der Waals surface area contributed by atoms with Crippen LogP contribution in [-0.2, 0) is 7.05 Å². The van der Waals surface area contributed by atoms with Crippen LogP contribution in [0.25, 0.3) is 0 Å². The van der Waals surface area contributed by atoms with E-state index in [4.69, 9.17) is 4.42 Å². The van der Waals surface area contributed by atoms with Gasteiger partial charge in [0.25, 0.3) is 5.91 Å². The van der Waals surface area contributed by atoms with Gasteiger partial charge in [-0.05, 0) is 45.1 Å². The average Bonchev–Trinajstić information content (AvgIpc) is 3.05. The summed E-state index contributed by atoms with van der Waals surface area (Å²) in [7, 11) is 5.73. The van der Waals surface area contributed by atoms with E-state index in [0.717, 1.165) is 17.2 Å². The molecule has 6 nitrogen and oxygen atoms in total. The van der Waals surface area contributed by atoms with Crippen molar-refractivity contribution in [2.24, 2.45) is 7.05 Å². The molecule has 0 bridgehead atoms. The summed E-state index contributed by atoms with van der Waals surface area (Å²) in [5.41, 5.74) is 1.49. The van der Waals surface area contributed by atoms with Crippen LogP contribution in [0.3, 0.4) is 0 Å². The van der Waals surface area contributed by atoms with Crippen molar-refractivity contribution < 1.29 is 9.21 Å². The predicted octanol–water partition coefficient (Wildman–Crippen LogP) is 2.48. The van der Waals surface area contributed by atoms with Gasteiger partial charge in [0.1, 0.15) is 17.2 Å². The molecular formula is C17H26N4O2. The highest BCUT2D eigenvalue weighted by Crippen LogP contribution is 2.20. The van der Waals surface area contributed by atoms with Crippen LogP contribution in [0.15, 0.2) is 22.6 Å². The Kier molecular flexibility index (Phi) is 5.26. The van der Waals surface area contributed by atoms with E-state index in [2.05, 4.69) is 24.3 Å². The molecule has 2 heterocycles. The number of nitrogens with zero attached hydrogens (tertiary/aromatic N) is 3. The molecule has 0 spiro atoms. The van der Waals surface area contributed by atoms with Gasteiger partial charge >= 0.3 is 0 Å². The Morgan fingerprint density at radius 1 is 1.39 bits per heavy atom. The zero-order valence-electron chi connectivity index (χ0n) is 14.8. The SMILES string of the molecule is Cc1ccc([C@H](CNC(=O)c2cc(C(C)C)nn2C)N(C)C)o1. The number of carbonyl (C=O) groups excluding carboxylic acids is 1. The normalized spacial score (nSPS) is 12.9. The maximum Gasteiger partial charge on any atom is 0.269 e. The third kappa shape index (κ3) is 4.01. The summed E-state index contributed by atoms with van der Waals surface area (Å²) in [5.74, 6) is 1.89. The molecular weight excluding hydrogens is 292 g/mol. The van der Waals surface area contributed by atoms with Gasteiger partial charge in [-0.3, -0.25) is 14.4 Å². The lowest BCUT2D eigenvalue weighted by Crippen LogP contribution is -2.35. The minimum absolute atomic E-state index is 0.00885. The van der Waals surface area contributed by atoms with Gasteiger partial charge in [0.2, 0.25) is 0 Å². The van der Waals surface area contributed by atoms with Gasteiger partial charge in [-0.15, -0.1) is 0 Å². The first-order valence-electron chi connectivity index (χ1n) is 7.84. The van der Waals surface area contributed by atoms with Crippen LogP contribution >= 0.6 is 0 Å². The highest BCUT2D eigenvalue weighted by Gasteiger charge is 2.20. The third-order valence-electron chi connectivity index (χ3n) is 3.89. The fraction of sp³-hybridized carbons (Fsp3) is 0.529. The standard InChI is InChI=1S/C17H26N4O2/c1-11(2)13-9-14(21(6)19-13)17(22)18-10-15(20(4)5)16-8-7-12(3)23-16/h7-9,11,15H,10H2,1-6H3,(H,18,22)/t15-/m0/s1. The van der Waals surface area contributed by atoms with E-state index in [1.54, 1.807) is 11.7 Å². The fourth-order valence-electron chi connectivity index (χ4n) is 2.43. The van der Waals surface area contributed by atoms with Gasteiger partial charge in [-0.25, -0.2) is 0 Å². The first-order chi connectivity index (χ1) is 10.8. The summed E-state index contributed by atoms with van der Waals surface area (Å²) in [6.45, 7) is 6.51. The van der Waals surface area contributed by atoms with Crippen molar-refractivity contribution in [1.82, 2.24) is 20.0 Å². The molecule has 2 aromatic heterocycles. The molecule has 1 atom stereocenters. The van der Waals surface area contributed by atoms with E-state index in [1.807, 2.05) is 44.1 Å². The molecule has 6 heteroatoms. The Morgan fingerprint density at radius 2 is 2.09 bits per heavy atom. The third-order valence-corrected chi connectivity index (χ3v) is 3.89. The fourth-order valence-corrected chi connectivity index (χ4v) is 2.43. The van der Waals surface area contributed by atoms with Crippen LogP contribution in [0.1, 0.15) is 53.5 Å². The first-order valence-corrected chi connectivity index (χ1v) is 7.84. The Hall–Kier alpha value is -2.08. The molecule has 0 radical (unpaired) electrons. The summed E-state index contributed by atoms with van der Waals surface area (Å²) < 4.78 is 7.33. The molecule has 0 saturated carbocycles. The van der Waals surface area contributed by atoms with Crippen LogP contribution in [-0.4, -0.2) is 41.2 Å². The molecule has 0 fully saturated rings.